The molecule has 6 heteroatoms. The van der Waals surface area contributed by atoms with Gasteiger partial charge in [0.2, 0.25) is 10.0 Å². The second kappa shape index (κ2) is 4.55. The summed E-state index contributed by atoms with van der Waals surface area (Å²) in [7, 11) is -3.02. The van der Waals surface area contributed by atoms with Crippen LogP contribution < -0.4 is 5.73 Å². The second-order valence-corrected chi connectivity index (χ2v) is 6.21. The Morgan fingerprint density at radius 1 is 1.50 bits per heavy atom. The van der Waals surface area contributed by atoms with Gasteiger partial charge in [-0.25, -0.2) is 12.7 Å². The summed E-state index contributed by atoms with van der Waals surface area (Å²) in [6, 6.07) is 0. The van der Waals surface area contributed by atoms with Crippen molar-refractivity contribution >= 4 is 27.2 Å². The minimum absolute atomic E-state index is 0.171. The normalized spacial score (nSPS) is 20.9. The van der Waals surface area contributed by atoms with Crippen LogP contribution in [0.1, 0.15) is 19.8 Å². The quantitative estimate of drug-likeness (QED) is 0.718. The van der Waals surface area contributed by atoms with Crippen molar-refractivity contribution in [1.29, 1.82) is 0 Å². The molecule has 14 heavy (non-hydrogen) atoms. The van der Waals surface area contributed by atoms with E-state index >= 15 is 0 Å². The van der Waals surface area contributed by atoms with Gasteiger partial charge >= 0.3 is 0 Å². The van der Waals surface area contributed by atoms with Gasteiger partial charge in [-0.15, -0.1) is 0 Å². The first-order chi connectivity index (χ1) is 6.47. The molecule has 1 heterocycles. The number of nitrogens with zero attached hydrogens (tertiary/aromatic N) is 1. The van der Waals surface area contributed by atoms with Crippen LogP contribution in [0.2, 0.25) is 0 Å². The molecule has 82 valence electrons. The smallest absolute Gasteiger partial charge is 0.213 e. The van der Waals surface area contributed by atoms with Crippen molar-refractivity contribution in [3.05, 3.63) is 0 Å². The van der Waals surface area contributed by atoms with Gasteiger partial charge in [-0.2, -0.15) is 0 Å². The molecule has 0 atom stereocenters. The Morgan fingerprint density at radius 3 is 2.36 bits per heavy atom. The summed E-state index contributed by atoms with van der Waals surface area (Å²) in [5, 5.41) is 0. The molecule has 2 N–H and O–H groups in total. The highest BCUT2D eigenvalue weighted by atomic mass is 32.2. The summed E-state index contributed by atoms with van der Waals surface area (Å²) in [6.07, 6.45) is 1.52. The van der Waals surface area contributed by atoms with Crippen LogP contribution in [0.5, 0.6) is 0 Å². The van der Waals surface area contributed by atoms with Gasteiger partial charge in [0.05, 0.1) is 10.7 Å². The van der Waals surface area contributed by atoms with Crippen molar-refractivity contribution in [1.82, 2.24) is 4.31 Å². The van der Waals surface area contributed by atoms with Crippen LogP contribution in [-0.4, -0.2) is 36.6 Å². The van der Waals surface area contributed by atoms with E-state index in [1.165, 1.54) is 4.31 Å². The van der Waals surface area contributed by atoms with Crippen molar-refractivity contribution in [2.75, 3.05) is 18.8 Å². The zero-order valence-corrected chi connectivity index (χ0v) is 9.90. The molecule has 0 radical (unpaired) electrons. The number of piperidine rings is 1. The lowest BCUT2D eigenvalue weighted by Crippen LogP contribution is -2.41. The molecule has 4 nitrogen and oxygen atoms in total. The third-order valence-corrected chi connectivity index (χ3v) is 4.83. The molecule has 0 unspecified atom stereocenters. The van der Waals surface area contributed by atoms with E-state index in [9.17, 15) is 8.42 Å². The predicted octanol–water partition coefficient (Wildman–Crippen LogP) is 0.334. The standard InChI is InChI=1S/C8H16N2O2S2/c1-2-14(11,12)10-5-3-7(4-6-10)8(9)13/h7H,2-6H2,1H3,(H2,9,13). The second-order valence-electron chi connectivity index (χ2n) is 3.48. The lowest BCUT2D eigenvalue weighted by atomic mass is 9.98. The van der Waals surface area contributed by atoms with Crippen molar-refractivity contribution in [3.8, 4) is 0 Å². The highest BCUT2D eigenvalue weighted by Crippen LogP contribution is 2.19. The highest BCUT2D eigenvalue weighted by molar-refractivity contribution is 7.89. The van der Waals surface area contributed by atoms with Crippen molar-refractivity contribution in [2.24, 2.45) is 11.7 Å². The molecule has 1 rings (SSSR count). The Labute approximate surface area is 90.5 Å². The average Bonchev–Trinajstić information content (AvgIpc) is 2.18. The van der Waals surface area contributed by atoms with E-state index in [0.29, 0.717) is 18.1 Å². The predicted molar refractivity (Wildman–Crippen MR) is 60.5 cm³/mol. The molecule has 0 aliphatic carbocycles. The molecule has 0 spiro atoms. The molecule has 1 fully saturated rings. The lowest BCUT2D eigenvalue weighted by molar-refractivity contribution is 0.317. The molecule has 0 aromatic rings. The first-order valence-corrected chi connectivity index (χ1v) is 6.76. The van der Waals surface area contributed by atoms with E-state index < -0.39 is 10.0 Å². The summed E-state index contributed by atoms with van der Waals surface area (Å²) in [4.78, 5) is 0.513. The minimum atomic E-state index is -3.02. The third kappa shape index (κ3) is 2.65. The van der Waals surface area contributed by atoms with Crippen LogP contribution in [0, 0.1) is 5.92 Å². The Morgan fingerprint density at radius 2 is 2.00 bits per heavy atom. The molecular weight excluding hydrogens is 220 g/mol. The largest absolute Gasteiger partial charge is 0.393 e. The molecule has 0 saturated carbocycles. The van der Waals surface area contributed by atoms with Crippen LogP contribution in [0.25, 0.3) is 0 Å². The van der Waals surface area contributed by atoms with E-state index in [-0.39, 0.29) is 11.7 Å². The van der Waals surface area contributed by atoms with Gasteiger partial charge in [-0.05, 0) is 19.8 Å². The Hall–Kier alpha value is -0.200. The Balaban J connectivity index is 2.56. The molecule has 0 bridgehead atoms. The summed E-state index contributed by atoms with van der Waals surface area (Å²) in [5.74, 6) is 0.387. The van der Waals surface area contributed by atoms with E-state index in [2.05, 4.69) is 0 Å². The van der Waals surface area contributed by atoms with Crippen LogP contribution in [-0.2, 0) is 10.0 Å². The molecule has 0 aromatic heterocycles. The number of hydrogen-bond acceptors (Lipinski definition) is 3. The zero-order valence-electron chi connectivity index (χ0n) is 8.27. The van der Waals surface area contributed by atoms with E-state index in [0.717, 1.165) is 12.8 Å². The lowest BCUT2D eigenvalue weighted by Gasteiger charge is -2.30. The Bertz CT molecular complexity index is 305. The van der Waals surface area contributed by atoms with Crippen LogP contribution >= 0.6 is 12.2 Å². The van der Waals surface area contributed by atoms with Crippen molar-refractivity contribution < 1.29 is 8.42 Å². The maximum absolute atomic E-state index is 11.5. The van der Waals surface area contributed by atoms with Gasteiger partial charge in [0.1, 0.15) is 0 Å². The number of rotatable bonds is 3. The van der Waals surface area contributed by atoms with Gasteiger partial charge in [-0.3, -0.25) is 0 Å². The van der Waals surface area contributed by atoms with Crippen LogP contribution in [0.4, 0.5) is 0 Å². The van der Waals surface area contributed by atoms with Gasteiger partial charge in [-0.1, -0.05) is 12.2 Å². The minimum Gasteiger partial charge on any atom is -0.393 e. The molecule has 1 aliphatic heterocycles. The van der Waals surface area contributed by atoms with Crippen molar-refractivity contribution in [3.63, 3.8) is 0 Å². The summed E-state index contributed by atoms with van der Waals surface area (Å²) >= 11 is 4.89. The topological polar surface area (TPSA) is 63.4 Å². The first kappa shape index (κ1) is 11.9. The number of sulfonamides is 1. The highest BCUT2D eigenvalue weighted by Gasteiger charge is 2.27. The Kier molecular flexibility index (Phi) is 3.86. The molecular formula is C8H16N2O2S2. The summed E-state index contributed by atoms with van der Waals surface area (Å²) in [6.45, 7) is 2.77. The van der Waals surface area contributed by atoms with Gasteiger partial charge in [0.25, 0.3) is 0 Å². The fourth-order valence-electron chi connectivity index (χ4n) is 1.60. The SMILES string of the molecule is CCS(=O)(=O)N1CCC(C(N)=S)CC1. The summed E-state index contributed by atoms with van der Waals surface area (Å²) in [5.41, 5.74) is 5.52. The van der Waals surface area contributed by atoms with E-state index in [1.807, 2.05) is 0 Å². The molecule has 0 amide bonds. The number of thiocarbonyl (C=S) groups is 1. The third-order valence-electron chi connectivity index (χ3n) is 2.61. The number of hydrogen-bond donors (Lipinski definition) is 1. The average molecular weight is 236 g/mol. The fourth-order valence-corrected chi connectivity index (χ4v) is 2.97. The maximum atomic E-state index is 11.5. The number of nitrogens with two attached hydrogens (primary N) is 1. The fraction of sp³-hybridized carbons (Fsp3) is 0.875. The molecule has 0 aromatic carbocycles. The van der Waals surface area contributed by atoms with Crippen molar-refractivity contribution in [2.45, 2.75) is 19.8 Å². The molecule has 1 saturated heterocycles. The summed E-state index contributed by atoms with van der Waals surface area (Å²) < 4.78 is 24.5. The monoisotopic (exact) mass is 236 g/mol. The van der Waals surface area contributed by atoms with E-state index in [4.69, 9.17) is 18.0 Å². The van der Waals surface area contributed by atoms with E-state index in [1.54, 1.807) is 6.92 Å². The van der Waals surface area contributed by atoms with Crippen LogP contribution in [0.3, 0.4) is 0 Å². The van der Waals surface area contributed by atoms with Gasteiger partial charge < -0.3 is 5.73 Å². The van der Waals surface area contributed by atoms with Gasteiger partial charge in [0.15, 0.2) is 0 Å². The van der Waals surface area contributed by atoms with Gasteiger partial charge in [0, 0.05) is 19.0 Å². The van der Waals surface area contributed by atoms with Crippen LogP contribution in [0.15, 0.2) is 0 Å². The maximum Gasteiger partial charge on any atom is 0.213 e. The first-order valence-electron chi connectivity index (χ1n) is 4.74. The molecule has 1 aliphatic rings. The zero-order chi connectivity index (χ0) is 10.8.